The van der Waals surface area contributed by atoms with Crippen molar-refractivity contribution < 1.29 is 14.3 Å². The van der Waals surface area contributed by atoms with Crippen molar-refractivity contribution in [3.63, 3.8) is 0 Å². The highest BCUT2D eigenvalue weighted by molar-refractivity contribution is 6.03. The van der Waals surface area contributed by atoms with E-state index in [4.69, 9.17) is 4.74 Å². The Morgan fingerprint density at radius 3 is 2.50 bits per heavy atom. The molecule has 2 aromatic carbocycles. The molecule has 3 rings (SSSR count). The van der Waals surface area contributed by atoms with Crippen molar-refractivity contribution >= 4 is 23.2 Å². The number of para-hydroxylation sites is 1. The lowest BCUT2D eigenvalue weighted by atomic mass is 10.0. The Hall–Kier alpha value is -2.82. The first-order valence-corrected chi connectivity index (χ1v) is 8.83. The number of carbonyl (C=O) groups is 2. The highest BCUT2D eigenvalue weighted by Gasteiger charge is 2.35. The van der Waals surface area contributed by atoms with Crippen LogP contribution < -0.4 is 15.0 Å². The summed E-state index contributed by atoms with van der Waals surface area (Å²) in [6, 6.07) is 15.1. The first-order valence-electron chi connectivity index (χ1n) is 8.83. The van der Waals surface area contributed by atoms with E-state index in [-0.39, 0.29) is 24.2 Å². The molecule has 5 heteroatoms. The van der Waals surface area contributed by atoms with Crippen LogP contribution >= 0.6 is 0 Å². The van der Waals surface area contributed by atoms with Crippen LogP contribution in [-0.4, -0.2) is 25.5 Å². The average Bonchev–Trinajstić information content (AvgIpc) is 3.04. The van der Waals surface area contributed by atoms with Gasteiger partial charge in [0.1, 0.15) is 5.75 Å². The summed E-state index contributed by atoms with van der Waals surface area (Å²) < 4.78 is 5.15. The SMILES string of the molecule is COc1ccc(N2C[C@@H](C(=O)Nc3ccccc3C(C)C)CC2=O)cc1. The number of nitrogens with zero attached hydrogens (tertiary/aromatic N) is 1. The van der Waals surface area contributed by atoms with Gasteiger partial charge in [-0.1, -0.05) is 32.0 Å². The maximum atomic E-state index is 12.7. The number of benzene rings is 2. The van der Waals surface area contributed by atoms with Gasteiger partial charge in [-0.05, 0) is 41.8 Å². The zero-order chi connectivity index (χ0) is 18.7. The zero-order valence-electron chi connectivity index (χ0n) is 15.4. The standard InChI is InChI=1S/C21H24N2O3/c1-14(2)18-6-4-5-7-19(18)22-21(25)15-12-20(24)23(13-15)16-8-10-17(26-3)11-9-16/h4-11,14-15H,12-13H2,1-3H3,(H,22,25)/t15-/m0/s1. The van der Waals surface area contributed by atoms with Crippen LogP contribution in [0.3, 0.4) is 0 Å². The fourth-order valence-corrected chi connectivity index (χ4v) is 3.24. The third kappa shape index (κ3) is 3.72. The predicted molar refractivity (Wildman–Crippen MR) is 103 cm³/mol. The van der Waals surface area contributed by atoms with E-state index >= 15 is 0 Å². The second-order valence-electron chi connectivity index (χ2n) is 6.83. The third-order valence-corrected chi connectivity index (χ3v) is 4.72. The van der Waals surface area contributed by atoms with Crippen LogP contribution in [0.1, 0.15) is 31.7 Å². The van der Waals surface area contributed by atoms with Gasteiger partial charge in [0.15, 0.2) is 0 Å². The summed E-state index contributed by atoms with van der Waals surface area (Å²) in [7, 11) is 1.60. The molecule has 1 heterocycles. The van der Waals surface area contributed by atoms with Crippen molar-refractivity contribution in [2.75, 3.05) is 23.9 Å². The number of nitrogens with one attached hydrogen (secondary N) is 1. The Morgan fingerprint density at radius 1 is 1.15 bits per heavy atom. The van der Waals surface area contributed by atoms with Gasteiger partial charge >= 0.3 is 0 Å². The van der Waals surface area contributed by atoms with E-state index < -0.39 is 0 Å². The molecule has 1 N–H and O–H groups in total. The molecule has 0 saturated carbocycles. The highest BCUT2D eigenvalue weighted by Crippen LogP contribution is 2.29. The molecular weight excluding hydrogens is 328 g/mol. The molecule has 0 bridgehead atoms. The summed E-state index contributed by atoms with van der Waals surface area (Å²) in [5.41, 5.74) is 2.70. The minimum Gasteiger partial charge on any atom is -0.497 e. The lowest BCUT2D eigenvalue weighted by molar-refractivity contribution is -0.122. The van der Waals surface area contributed by atoms with Crippen molar-refractivity contribution in [2.45, 2.75) is 26.2 Å². The smallest absolute Gasteiger partial charge is 0.229 e. The van der Waals surface area contributed by atoms with Crippen LogP contribution in [0.5, 0.6) is 5.75 Å². The maximum absolute atomic E-state index is 12.7. The van der Waals surface area contributed by atoms with Gasteiger partial charge in [0.25, 0.3) is 0 Å². The molecule has 5 nitrogen and oxygen atoms in total. The molecule has 1 aliphatic heterocycles. The quantitative estimate of drug-likeness (QED) is 0.890. The van der Waals surface area contributed by atoms with E-state index in [1.807, 2.05) is 48.5 Å². The molecule has 0 aromatic heterocycles. The number of hydrogen-bond donors (Lipinski definition) is 1. The van der Waals surface area contributed by atoms with Crippen molar-refractivity contribution in [1.82, 2.24) is 0 Å². The van der Waals surface area contributed by atoms with Crippen LogP contribution in [-0.2, 0) is 9.59 Å². The number of methoxy groups -OCH3 is 1. The minimum absolute atomic E-state index is 0.0348. The molecular formula is C21H24N2O3. The number of amides is 2. The fourth-order valence-electron chi connectivity index (χ4n) is 3.24. The minimum atomic E-state index is -0.357. The summed E-state index contributed by atoms with van der Waals surface area (Å²) in [6.07, 6.45) is 0.224. The van der Waals surface area contributed by atoms with Crippen LogP contribution in [0.4, 0.5) is 11.4 Å². The number of anilines is 2. The van der Waals surface area contributed by atoms with Crippen LogP contribution in [0.2, 0.25) is 0 Å². The molecule has 1 aliphatic rings. The van der Waals surface area contributed by atoms with Gasteiger partial charge in [-0.25, -0.2) is 0 Å². The van der Waals surface area contributed by atoms with Gasteiger partial charge in [-0.15, -0.1) is 0 Å². The van der Waals surface area contributed by atoms with Crippen LogP contribution in [0.15, 0.2) is 48.5 Å². The predicted octanol–water partition coefficient (Wildman–Crippen LogP) is 3.81. The molecule has 2 amide bonds. The number of ether oxygens (including phenoxy) is 1. The van der Waals surface area contributed by atoms with Gasteiger partial charge in [0.05, 0.1) is 13.0 Å². The van der Waals surface area contributed by atoms with E-state index in [9.17, 15) is 9.59 Å². The van der Waals surface area contributed by atoms with Crippen molar-refractivity contribution in [1.29, 1.82) is 0 Å². The first-order chi connectivity index (χ1) is 12.5. The lowest BCUT2D eigenvalue weighted by Crippen LogP contribution is -2.28. The second kappa shape index (κ2) is 7.60. The topological polar surface area (TPSA) is 58.6 Å². The average molecular weight is 352 g/mol. The zero-order valence-corrected chi connectivity index (χ0v) is 15.4. The van der Waals surface area contributed by atoms with E-state index in [1.165, 1.54) is 0 Å². The molecule has 1 fully saturated rings. The van der Waals surface area contributed by atoms with Crippen molar-refractivity contribution in [3.8, 4) is 5.75 Å². The third-order valence-electron chi connectivity index (χ3n) is 4.72. The molecule has 26 heavy (non-hydrogen) atoms. The van der Waals surface area contributed by atoms with E-state index in [0.29, 0.717) is 12.5 Å². The second-order valence-corrected chi connectivity index (χ2v) is 6.83. The van der Waals surface area contributed by atoms with Crippen LogP contribution in [0, 0.1) is 5.92 Å². The fraction of sp³-hybridized carbons (Fsp3) is 0.333. The molecule has 0 spiro atoms. The highest BCUT2D eigenvalue weighted by atomic mass is 16.5. The summed E-state index contributed by atoms with van der Waals surface area (Å²) in [5, 5.41) is 3.01. The Bertz CT molecular complexity index is 799. The maximum Gasteiger partial charge on any atom is 0.229 e. The Balaban J connectivity index is 1.71. The van der Waals surface area contributed by atoms with E-state index in [1.54, 1.807) is 12.0 Å². The van der Waals surface area contributed by atoms with Crippen LogP contribution in [0.25, 0.3) is 0 Å². The molecule has 1 saturated heterocycles. The van der Waals surface area contributed by atoms with Crippen molar-refractivity contribution in [3.05, 3.63) is 54.1 Å². The molecule has 1 atom stereocenters. The molecule has 2 aromatic rings. The largest absolute Gasteiger partial charge is 0.497 e. The number of rotatable bonds is 5. The molecule has 0 radical (unpaired) electrons. The summed E-state index contributed by atoms with van der Waals surface area (Å²) >= 11 is 0. The summed E-state index contributed by atoms with van der Waals surface area (Å²) in [4.78, 5) is 26.8. The molecule has 136 valence electrons. The summed E-state index contributed by atoms with van der Waals surface area (Å²) in [5.74, 6) is 0.548. The van der Waals surface area contributed by atoms with E-state index in [2.05, 4.69) is 19.2 Å². The Morgan fingerprint density at radius 2 is 1.85 bits per heavy atom. The number of hydrogen-bond acceptors (Lipinski definition) is 3. The first kappa shape index (κ1) is 18.0. The van der Waals surface area contributed by atoms with Gasteiger partial charge in [-0.3, -0.25) is 9.59 Å². The monoisotopic (exact) mass is 352 g/mol. The van der Waals surface area contributed by atoms with E-state index in [0.717, 1.165) is 22.7 Å². The number of carbonyl (C=O) groups excluding carboxylic acids is 2. The lowest BCUT2D eigenvalue weighted by Gasteiger charge is -2.18. The van der Waals surface area contributed by atoms with Gasteiger partial charge < -0.3 is 15.0 Å². The Kier molecular flexibility index (Phi) is 5.26. The Labute approximate surface area is 154 Å². The van der Waals surface area contributed by atoms with Gasteiger partial charge in [-0.2, -0.15) is 0 Å². The van der Waals surface area contributed by atoms with Gasteiger partial charge in [0.2, 0.25) is 11.8 Å². The molecule has 0 unspecified atom stereocenters. The molecule has 0 aliphatic carbocycles. The van der Waals surface area contributed by atoms with Crippen molar-refractivity contribution in [2.24, 2.45) is 5.92 Å². The normalized spacial score (nSPS) is 16.8. The van der Waals surface area contributed by atoms with Gasteiger partial charge in [0, 0.05) is 24.3 Å². The summed E-state index contributed by atoms with van der Waals surface area (Å²) in [6.45, 7) is 4.58.